The predicted molar refractivity (Wildman–Crippen MR) is 122 cm³/mol. The van der Waals surface area contributed by atoms with Crippen molar-refractivity contribution >= 4 is 44.7 Å². The second-order valence-corrected chi connectivity index (χ2v) is 7.80. The molecule has 0 aliphatic rings. The number of aliphatic carboxylic acids is 1. The van der Waals surface area contributed by atoms with Crippen molar-refractivity contribution < 1.29 is 19.6 Å². The van der Waals surface area contributed by atoms with E-state index in [1.165, 1.54) is 36.0 Å². The second-order valence-electron chi connectivity index (χ2n) is 6.88. The zero-order valence-electron chi connectivity index (χ0n) is 17.2. The molecule has 11 heteroatoms. The Morgan fingerprint density at radius 2 is 2.12 bits per heavy atom. The first-order valence-corrected chi connectivity index (χ1v) is 10.4. The van der Waals surface area contributed by atoms with Gasteiger partial charge in [0.15, 0.2) is 11.9 Å². The minimum Gasteiger partial charge on any atom is -0.479 e. The van der Waals surface area contributed by atoms with Crippen molar-refractivity contribution in [1.82, 2.24) is 9.66 Å². The van der Waals surface area contributed by atoms with Gasteiger partial charge in [-0.15, -0.1) is 0 Å². The molecule has 3 aromatic rings. The topological polar surface area (TPSA) is 137 Å². The van der Waals surface area contributed by atoms with E-state index in [2.05, 4.69) is 26.0 Å². The summed E-state index contributed by atoms with van der Waals surface area (Å²) in [5.74, 6) is -0.959. The number of nitro benzene ring substituents is 1. The van der Waals surface area contributed by atoms with Gasteiger partial charge in [-0.25, -0.2) is 9.78 Å². The van der Waals surface area contributed by atoms with E-state index < -0.39 is 22.7 Å². The molecule has 2 aromatic carbocycles. The average molecular weight is 503 g/mol. The molecule has 0 spiro atoms. The maximum atomic E-state index is 13.0. The van der Waals surface area contributed by atoms with Crippen LogP contribution in [0.15, 0.2) is 50.8 Å². The van der Waals surface area contributed by atoms with Crippen molar-refractivity contribution in [3.63, 3.8) is 0 Å². The number of carbonyl (C=O) groups is 1. The standard InChI is InChI=1S/C21H19BrN4O6/c1-3-4-19-24-16-7-6-14(22)10-15(16)20(27)25(19)23-11-13-5-8-18(17(9-13)26(30)31)32-12(2)21(28)29/h5-12H,3-4H2,1-2H3,(H,28,29)/t12-/m0/s1. The van der Waals surface area contributed by atoms with Gasteiger partial charge in [-0.3, -0.25) is 14.9 Å². The molecule has 166 valence electrons. The lowest BCUT2D eigenvalue weighted by molar-refractivity contribution is -0.386. The van der Waals surface area contributed by atoms with E-state index in [1.54, 1.807) is 18.2 Å². The summed E-state index contributed by atoms with van der Waals surface area (Å²) in [4.78, 5) is 39.3. The highest BCUT2D eigenvalue weighted by Gasteiger charge is 2.21. The highest BCUT2D eigenvalue weighted by atomic mass is 79.9. The van der Waals surface area contributed by atoms with Gasteiger partial charge in [0, 0.05) is 22.5 Å². The van der Waals surface area contributed by atoms with Crippen LogP contribution in [-0.4, -0.2) is 38.0 Å². The average Bonchev–Trinajstić information content (AvgIpc) is 2.74. The summed E-state index contributed by atoms with van der Waals surface area (Å²) < 4.78 is 7.07. The summed E-state index contributed by atoms with van der Waals surface area (Å²) in [6, 6.07) is 9.18. The molecular weight excluding hydrogens is 484 g/mol. The largest absolute Gasteiger partial charge is 0.479 e. The molecule has 1 aromatic heterocycles. The van der Waals surface area contributed by atoms with Crippen LogP contribution in [0.5, 0.6) is 5.75 Å². The fraction of sp³-hybridized carbons (Fsp3) is 0.238. The van der Waals surface area contributed by atoms with Crippen LogP contribution in [0.1, 0.15) is 31.7 Å². The van der Waals surface area contributed by atoms with Crippen LogP contribution in [0, 0.1) is 10.1 Å². The lowest BCUT2D eigenvalue weighted by Crippen LogP contribution is -2.23. The number of ether oxygens (including phenoxy) is 1. The molecule has 0 amide bonds. The number of benzene rings is 2. The first-order chi connectivity index (χ1) is 15.2. The molecule has 1 heterocycles. The molecule has 0 saturated heterocycles. The van der Waals surface area contributed by atoms with Crippen molar-refractivity contribution in [3.8, 4) is 5.75 Å². The highest BCUT2D eigenvalue weighted by Crippen LogP contribution is 2.28. The normalized spacial score (nSPS) is 12.2. The molecule has 1 N–H and O–H groups in total. The fourth-order valence-corrected chi connectivity index (χ4v) is 3.28. The molecule has 0 aliphatic heterocycles. The predicted octanol–water partition coefficient (Wildman–Crippen LogP) is 3.75. The van der Waals surface area contributed by atoms with Gasteiger partial charge in [0.1, 0.15) is 5.82 Å². The number of rotatable bonds is 8. The van der Waals surface area contributed by atoms with Crippen molar-refractivity contribution in [2.45, 2.75) is 32.8 Å². The molecule has 0 saturated carbocycles. The Labute approximate surface area is 190 Å². The number of fused-ring (bicyclic) bond motifs is 1. The quantitative estimate of drug-likeness (QED) is 0.281. The van der Waals surface area contributed by atoms with Gasteiger partial charge in [-0.05, 0) is 43.7 Å². The number of carboxylic acid groups (broad SMARTS) is 1. The molecule has 0 aliphatic carbocycles. The zero-order valence-corrected chi connectivity index (χ0v) is 18.8. The monoisotopic (exact) mass is 502 g/mol. The van der Waals surface area contributed by atoms with Crippen LogP contribution in [0.25, 0.3) is 10.9 Å². The summed E-state index contributed by atoms with van der Waals surface area (Å²) in [5.41, 5.74) is 0.109. The Balaban J connectivity index is 2.04. The Bertz CT molecular complexity index is 1290. The number of carboxylic acids is 1. The van der Waals surface area contributed by atoms with Crippen LogP contribution in [0.4, 0.5) is 5.69 Å². The molecule has 0 fully saturated rings. The summed E-state index contributed by atoms with van der Waals surface area (Å²) in [6.45, 7) is 3.22. The van der Waals surface area contributed by atoms with Crippen LogP contribution in [0.2, 0.25) is 0 Å². The molecule has 0 bridgehead atoms. The van der Waals surface area contributed by atoms with Crippen LogP contribution in [0.3, 0.4) is 0 Å². The maximum Gasteiger partial charge on any atom is 0.344 e. The number of halogens is 1. The molecule has 32 heavy (non-hydrogen) atoms. The van der Waals surface area contributed by atoms with Gasteiger partial charge in [0.05, 0.1) is 22.0 Å². The van der Waals surface area contributed by atoms with Gasteiger partial charge in [0.25, 0.3) is 5.56 Å². The van der Waals surface area contributed by atoms with Crippen molar-refractivity contribution in [1.29, 1.82) is 0 Å². The van der Waals surface area contributed by atoms with E-state index in [1.807, 2.05) is 6.92 Å². The Morgan fingerprint density at radius 1 is 1.38 bits per heavy atom. The molecule has 1 atom stereocenters. The first-order valence-electron chi connectivity index (χ1n) is 9.64. The number of nitro groups is 1. The lowest BCUT2D eigenvalue weighted by atomic mass is 10.2. The third-order valence-electron chi connectivity index (χ3n) is 4.50. The number of aromatic nitrogens is 2. The number of nitrogens with zero attached hydrogens (tertiary/aromatic N) is 4. The summed E-state index contributed by atoms with van der Waals surface area (Å²) in [7, 11) is 0. The highest BCUT2D eigenvalue weighted by molar-refractivity contribution is 9.10. The Hall–Kier alpha value is -3.60. The summed E-state index contributed by atoms with van der Waals surface area (Å²) in [5, 5.41) is 25.0. The number of hydrogen-bond acceptors (Lipinski definition) is 7. The van der Waals surface area contributed by atoms with Gasteiger partial charge >= 0.3 is 11.7 Å². The van der Waals surface area contributed by atoms with Crippen LogP contribution in [-0.2, 0) is 11.2 Å². The van der Waals surface area contributed by atoms with Gasteiger partial charge in [0.2, 0.25) is 0 Å². The molecule has 10 nitrogen and oxygen atoms in total. The second kappa shape index (κ2) is 9.69. The van der Waals surface area contributed by atoms with Gasteiger partial charge in [-0.2, -0.15) is 9.78 Å². The summed E-state index contributed by atoms with van der Waals surface area (Å²) in [6.07, 6.45) is 1.30. The van der Waals surface area contributed by atoms with E-state index in [-0.39, 0.29) is 11.3 Å². The van der Waals surface area contributed by atoms with E-state index in [4.69, 9.17) is 9.84 Å². The molecule has 0 unspecified atom stereocenters. The van der Waals surface area contributed by atoms with Crippen LogP contribution >= 0.6 is 15.9 Å². The third kappa shape index (κ3) is 4.99. The minimum absolute atomic E-state index is 0.178. The van der Waals surface area contributed by atoms with E-state index >= 15 is 0 Å². The third-order valence-corrected chi connectivity index (χ3v) is 5.00. The zero-order chi connectivity index (χ0) is 23.4. The Kier molecular flexibility index (Phi) is 6.98. The Morgan fingerprint density at radius 3 is 2.78 bits per heavy atom. The molecular formula is C21H19BrN4O6. The SMILES string of the molecule is CCCc1nc2ccc(Br)cc2c(=O)n1N=Cc1ccc(O[C@@H](C)C(=O)O)c([N+](=O)[O-])c1. The lowest BCUT2D eigenvalue weighted by Gasteiger charge is -2.11. The molecule has 3 rings (SSSR count). The smallest absolute Gasteiger partial charge is 0.344 e. The van der Waals surface area contributed by atoms with E-state index in [0.29, 0.717) is 28.7 Å². The van der Waals surface area contributed by atoms with Gasteiger partial charge in [-0.1, -0.05) is 22.9 Å². The van der Waals surface area contributed by atoms with Crippen molar-refractivity contribution in [3.05, 3.63) is 72.7 Å². The molecule has 0 radical (unpaired) electrons. The van der Waals surface area contributed by atoms with E-state index in [9.17, 15) is 19.7 Å². The number of aryl methyl sites for hydroxylation is 1. The summed E-state index contributed by atoms with van der Waals surface area (Å²) >= 11 is 3.34. The maximum absolute atomic E-state index is 13.0. The van der Waals surface area contributed by atoms with Crippen LogP contribution < -0.4 is 10.3 Å². The van der Waals surface area contributed by atoms with Gasteiger partial charge < -0.3 is 9.84 Å². The van der Waals surface area contributed by atoms with E-state index in [0.717, 1.165) is 10.9 Å². The van der Waals surface area contributed by atoms with Crippen molar-refractivity contribution in [2.24, 2.45) is 5.10 Å². The fourth-order valence-electron chi connectivity index (χ4n) is 2.92. The van der Waals surface area contributed by atoms with Crippen molar-refractivity contribution in [2.75, 3.05) is 0 Å². The number of hydrogen-bond donors (Lipinski definition) is 1. The minimum atomic E-state index is -1.26. The first kappa shape index (κ1) is 23.1.